The Balaban J connectivity index is 3.01. The topological polar surface area (TPSA) is 72.8 Å². The number of carbonyl (C=O) groups excluding carboxylic acids is 2. The van der Waals surface area contributed by atoms with Crippen molar-refractivity contribution in [2.75, 3.05) is 6.61 Å². The fourth-order valence-corrected chi connectivity index (χ4v) is 0.614. The van der Waals surface area contributed by atoms with Gasteiger partial charge in [0.1, 0.15) is 0 Å². The van der Waals surface area contributed by atoms with Gasteiger partial charge in [-0.15, -0.1) is 4.91 Å². The van der Waals surface area contributed by atoms with Crippen molar-refractivity contribution in [1.29, 1.82) is 0 Å². The molecule has 0 aromatic heterocycles. The van der Waals surface area contributed by atoms with E-state index in [2.05, 4.69) is 9.91 Å². The highest BCUT2D eigenvalue weighted by Crippen LogP contribution is 2.19. The molecule has 5 nitrogen and oxygen atoms in total. The van der Waals surface area contributed by atoms with Crippen molar-refractivity contribution in [1.82, 2.24) is 0 Å². The summed E-state index contributed by atoms with van der Waals surface area (Å²) in [4.78, 5) is 31.3. The van der Waals surface area contributed by atoms with Crippen LogP contribution in [-0.2, 0) is 14.3 Å². The third kappa shape index (κ3) is 0.632. The van der Waals surface area contributed by atoms with Crippen molar-refractivity contribution in [3.8, 4) is 0 Å². The van der Waals surface area contributed by atoms with E-state index in [1.165, 1.54) is 0 Å². The molecule has 1 fully saturated rings. The molecule has 0 aromatic carbocycles. The van der Waals surface area contributed by atoms with E-state index < -0.39 is 17.3 Å². The molecule has 0 bridgehead atoms. The molecule has 54 valence electrons. The lowest BCUT2D eigenvalue weighted by molar-refractivity contribution is -0.141. The third-order valence-electron chi connectivity index (χ3n) is 1.46. The van der Waals surface area contributed by atoms with E-state index in [1.54, 1.807) is 0 Å². The molecule has 0 spiro atoms. The smallest absolute Gasteiger partial charge is 0.345 e. The number of hydrogen-bond donors (Lipinski definition) is 0. The van der Waals surface area contributed by atoms with Crippen molar-refractivity contribution in [2.24, 2.45) is 5.18 Å². The normalized spacial score (nSPS) is 32.1. The first-order chi connectivity index (χ1) is 4.61. The minimum atomic E-state index is -1.78. The number of carbonyl (C=O) groups is 2. The molecule has 10 heavy (non-hydrogen) atoms. The number of ketones is 1. The second-order valence-corrected chi connectivity index (χ2v) is 2.16. The highest BCUT2D eigenvalue weighted by molar-refractivity contribution is 6.13. The fraction of sp³-hybridized carbons (Fsp3) is 0.600. The van der Waals surface area contributed by atoms with Gasteiger partial charge in [0.05, 0.1) is 0 Å². The highest BCUT2D eigenvalue weighted by Gasteiger charge is 2.50. The Morgan fingerprint density at radius 3 is 2.40 bits per heavy atom. The number of nitroso groups, excluding NO2 is 1. The summed E-state index contributed by atoms with van der Waals surface area (Å²) in [5, 5.41) is 2.41. The van der Waals surface area contributed by atoms with Gasteiger partial charge in [-0.05, 0) is 12.1 Å². The molecule has 1 atom stereocenters. The van der Waals surface area contributed by atoms with Crippen LogP contribution in [0.15, 0.2) is 5.18 Å². The minimum absolute atomic E-state index is 0.332. The van der Waals surface area contributed by atoms with Gasteiger partial charge < -0.3 is 4.74 Å². The number of ether oxygens (including phenoxy) is 1. The lowest BCUT2D eigenvalue weighted by Gasteiger charge is -2.03. The van der Waals surface area contributed by atoms with Crippen molar-refractivity contribution < 1.29 is 14.3 Å². The van der Waals surface area contributed by atoms with Crippen molar-refractivity contribution >= 4 is 11.8 Å². The van der Waals surface area contributed by atoms with Crippen LogP contribution in [0.2, 0.25) is 0 Å². The first kappa shape index (κ1) is 6.85. The Hall–Kier alpha value is -1.26. The van der Waals surface area contributed by atoms with Crippen LogP contribution in [-0.4, -0.2) is 23.9 Å². The number of esters is 1. The van der Waals surface area contributed by atoms with Gasteiger partial charge in [0.15, 0.2) is 6.61 Å². The SMILES string of the molecule is CC1(N=O)C(=O)COC1=O. The van der Waals surface area contributed by atoms with Crippen LogP contribution in [0.25, 0.3) is 0 Å². The molecule has 0 N–H and O–H groups in total. The van der Waals surface area contributed by atoms with Crippen LogP contribution >= 0.6 is 0 Å². The van der Waals surface area contributed by atoms with Crippen LogP contribution < -0.4 is 0 Å². The predicted octanol–water partition coefficient (Wildman–Crippen LogP) is -0.363. The van der Waals surface area contributed by atoms with Gasteiger partial charge in [-0.25, -0.2) is 4.79 Å². The average Bonchev–Trinajstić information content (AvgIpc) is 2.18. The summed E-state index contributed by atoms with van der Waals surface area (Å²) in [6, 6.07) is 0. The Bertz CT molecular complexity index is 194. The van der Waals surface area contributed by atoms with Gasteiger partial charge in [0.2, 0.25) is 5.78 Å². The number of Topliss-reactive ketones (excluding diaryl/α,β-unsaturated/α-hetero) is 1. The van der Waals surface area contributed by atoms with E-state index in [9.17, 15) is 14.5 Å². The molecule has 1 heterocycles. The van der Waals surface area contributed by atoms with E-state index in [4.69, 9.17) is 0 Å². The van der Waals surface area contributed by atoms with E-state index in [0.29, 0.717) is 0 Å². The maximum absolute atomic E-state index is 10.7. The van der Waals surface area contributed by atoms with Gasteiger partial charge in [0, 0.05) is 0 Å². The molecule has 0 aromatic rings. The van der Waals surface area contributed by atoms with Gasteiger partial charge in [0.25, 0.3) is 5.54 Å². The molecule has 0 amide bonds. The number of hydrogen-bond acceptors (Lipinski definition) is 5. The molecule has 5 heteroatoms. The summed E-state index contributed by atoms with van der Waals surface area (Å²) in [6.07, 6.45) is 0. The van der Waals surface area contributed by atoms with Crippen molar-refractivity contribution in [2.45, 2.75) is 12.5 Å². The van der Waals surface area contributed by atoms with Gasteiger partial charge in [-0.2, -0.15) is 0 Å². The first-order valence-electron chi connectivity index (χ1n) is 2.66. The van der Waals surface area contributed by atoms with Crippen LogP contribution in [0.4, 0.5) is 0 Å². The second-order valence-electron chi connectivity index (χ2n) is 2.16. The lowest BCUT2D eigenvalue weighted by atomic mass is 10.0. The van der Waals surface area contributed by atoms with E-state index in [0.717, 1.165) is 6.92 Å². The third-order valence-corrected chi connectivity index (χ3v) is 1.46. The molecular weight excluding hydrogens is 138 g/mol. The van der Waals surface area contributed by atoms with Crippen LogP contribution in [0, 0.1) is 4.91 Å². The molecule has 1 unspecified atom stereocenters. The quantitative estimate of drug-likeness (QED) is 0.285. The summed E-state index contributed by atoms with van der Waals surface area (Å²) in [5.74, 6) is -1.43. The molecule has 1 aliphatic rings. The monoisotopic (exact) mass is 143 g/mol. The summed E-state index contributed by atoms with van der Waals surface area (Å²) < 4.78 is 4.29. The molecule has 1 rings (SSSR count). The van der Waals surface area contributed by atoms with Crippen LogP contribution in [0.1, 0.15) is 6.92 Å². The fourth-order valence-electron chi connectivity index (χ4n) is 0.614. The Morgan fingerprint density at radius 2 is 2.20 bits per heavy atom. The maximum atomic E-state index is 10.7. The highest BCUT2D eigenvalue weighted by atomic mass is 16.5. The van der Waals surface area contributed by atoms with Crippen molar-refractivity contribution in [3.05, 3.63) is 4.91 Å². The van der Waals surface area contributed by atoms with E-state index in [-0.39, 0.29) is 6.61 Å². The number of rotatable bonds is 1. The van der Waals surface area contributed by atoms with E-state index >= 15 is 0 Å². The number of nitrogens with zero attached hydrogens (tertiary/aromatic N) is 1. The zero-order valence-corrected chi connectivity index (χ0v) is 5.29. The molecule has 0 radical (unpaired) electrons. The van der Waals surface area contributed by atoms with Gasteiger partial charge in [-0.3, -0.25) is 4.79 Å². The maximum Gasteiger partial charge on any atom is 0.345 e. The molecule has 1 saturated heterocycles. The molecule has 1 aliphatic heterocycles. The number of cyclic esters (lactones) is 1. The lowest BCUT2D eigenvalue weighted by Crippen LogP contribution is -2.35. The average molecular weight is 143 g/mol. The minimum Gasteiger partial charge on any atom is -0.455 e. The van der Waals surface area contributed by atoms with Gasteiger partial charge >= 0.3 is 5.97 Å². The zero-order valence-electron chi connectivity index (χ0n) is 5.29. The molecule has 0 saturated carbocycles. The van der Waals surface area contributed by atoms with Crippen LogP contribution in [0.5, 0.6) is 0 Å². The summed E-state index contributed by atoms with van der Waals surface area (Å²) in [6.45, 7) is 0.818. The first-order valence-corrected chi connectivity index (χ1v) is 2.66. The Labute approximate surface area is 56.3 Å². The van der Waals surface area contributed by atoms with Crippen molar-refractivity contribution in [3.63, 3.8) is 0 Å². The summed E-state index contributed by atoms with van der Waals surface area (Å²) in [7, 11) is 0. The van der Waals surface area contributed by atoms with Crippen LogP contribution in [0.3, 0.4) is 0 Å². The summed E-state index contributed by atoms with van der Waals surface area (Å²) >= 11 is 0. The largest absolute Gasteiger partial charge is 0.455 e. The zero-order chi connectivity index (χ0) is 7.78. The van der Waals surface area contributed by atoms with Gasteiger partial charge in [-0.1, -0.05) is 0 Å². The molecular formula is C5H5NO4. The van der Waals surface area contributed by atoms with E-state index in [1.807, 2.05) is 0 Å². The molecule has 0 aliphatic carbocycles. The Kier molecular flexibility index (Phi) is 1.28. The summed E-state index contributed by atoms with van der Waals surface area (Å²) in [5.41, 5.74) is -1.78. The standard InChI is InChI=1S/C5H5NO4/c1-5(6-9)3(7)2-10-4(5)8/h2H2,1H3. The second kappa shape index (κ2) is 1.86. The predicted molar refractivity (Wildman–Crippen MR) is 30.2 cm³/mol. The Morgan fingerprint density at radius 1 is 1.60 bits per heavy atom.